The highest BCUT2D eigenvalue weighted by molar-refractivity contribution is 7.99. The molecule has 0 saturated carbocycles. The van der Waals surface area contributed by atoms with Gasteiger partial charge in [-0.25, -0.2) is 4.79 Å². The fourth-order valence-electron chi connectivity index (χ4n) is 1.11. The minimum atomic E-state index is -0.197. The molecule has 0 saturated heterocycles. The highest BCUT2D eigenvalue weighted by Gasteiger charge is 2.16. The number of benzene rings is 1. The van der Waals surface area contributed by atoms with E-state index in [2.05, 4.69) is 24.5 Å². The van der Waals surface area contributed by atoms with E-state index >= 15 is 0 Å². The van der Waals surface area contributed by atoms with Crippen LogP contribution in [0.4, 0.5) is 16.2 Å². The molecule has 0 aliphatic rings. The smallest absolute Gasteiger partial charge is 0.319 e. The van der Waals surface area contributed by atoms with Crippen LogP contribution in [0.3, 0.4) is 0 Å². The van der Waals surface area contributed by atoms with Crippen molar-refractivity contribution in [2.24, 2.45) is 0 Å². The van der Waals surface area contributed by atoms with Gasteiger partial charge >= 0.3 is 6.03 Å². The monoisotopic (exact) mass is 253 g/mol. The van der Waals surface area contributed by atoms with Gasteiger partial charge in [0.25, 0.3) is 0 Å². The van der Waals surface area contributed by atoms with Gasteiger partial charge in [0.05, 0.1) is 0 Å². The van der Waals surface area contributed by atoms with E-state index in [1.807, 2.05) is 6.26 Å². The normalized spacial score (nSPS) is 11.0. The van der Waals surface area contributed by atoms with Crippen LogP contribution < -0.4 is 16.4 Å². The van der Waals surface area contributed by atoms with Crippen molar-refractivity contribution in [1.29, 1.82) is 0 Å². The molecule has 0 unspecified atom stereocenters. The molecule has 1 rings (SSSR count). The van der Waals surface area contributed by atoms with E-state index in [4.69, 9.17) is 5.73 Å². The molecule has 1 aromatic rings. The third kappa shape index (κ3) is 4.99. The second-order valence-corrected chi connectivity index (χ2v) is 5.91. The summed E-state index contributed by atoms with van der Waals surface area (Å²) >= 11 is 1.72. The summed E-state index contributed by atoms with van der Waals surface area (Å²) in [5.74, 6) is 0. The highest BCUT2D eigenvalue weighted by Crippen LogP contribution is 2.19. The van der Waals surface area contributed by atoms with Crippen molar-refractivity contribution in [3.05, 3.63) is 24.3 Å². The first-order valence-electron chi connectivity index (χ1n) is 5.38. The molecular weight excluding hydrogens is 234 g/mol. The van der Waals surface area contributed by atoms with Crippen LogP contribution in [0.15, 0.2) is 24.3 Å². The average Bonchev–Trinajstić information content (AvgIpc) is 2.30. The lowest BCUT2D eigenvalue weighted by atomic mass is 10.2. The summed E-state index contributed by atoms with van der Waals surface area (Å²) in [6.45, 7) is 4.79. The number of nitrogen functional groups attached to an aromatic ring is 1. The van der Waals surface area contributed by atoms with Gasteiger partial charge in [-0.05, 0) is 44.4 Å². The number of nitrogens with one attached hydrogen (secondary N) is 2. The van der Waals surface area contributed by atoms with Crippen molar-refractivity contribution in [3.63, 3.8) is 0 Å². The zero-order valence-corrected chi connectivity index (χ0v) is 11.2. The molecule has 0 radical (unpaired) electrons. The number of hydrogen-bond acceptors (Lipinski definition) is 3. The van der Waals surface area contributed by atoms with E-state index < -0.39 is 0 Å². The summed E-state index contributed by atoms with van der Waals surface area (Å²) in [5, 5.41) is 5.59. The van der Waals surface area contributed by atoms with E-state index in [0.717, 1.165) is 5.69 Å². The molecule has 0 atom stereocenters. The van der Waals surface area contributed by atoms with E-state index in [1.54, 1.807) is 36.0 Å². The summed E-state index contributed by atoms with van der Waals surface area (Å²) in [5.41, 5.74) is 6.98. The van der Waals surface area contributed by atoms with Gasteiger partial charge in [0.15, 0.2) is 0 Å². The first-order chi connectivity index (χ1) is 7.93. The largest absolute Gasteiger partial charge is 0.399 e. The quantitative estimate of drug-likeness (QED) is 0.722. The van der Waals surface area contributed by atoms with Crippen molar-refractivity contribution < 1.29 is 4.79 Å². The molecule has 4 N–H and O–H groups in total. The summed E-state index contributed by atoms with van der Waals surface area (Å²) < 4.78 is 0.0401. The SMILES string of the molecule is CSC(C)(C)CNC(=O)Nc1ccc(N)cc1. The van der Waals surface area contributed by atoms with Crippen LogP contribution in [0, 0.1) is 0 Å². The molecule has 17 heavy (non-hydrogen) atoms. The Morgan fingerprint density at radius 3 is 2.47 bits per heavy atom. The number of thioether (sulfide) groups is 1. The van der Waals surface area contributed by atoms with E-state index in [0.29, 0.717) is 12.2 Å². The Balaban J connectivity index is 2.42. The predicted molar refractivity (Wildman–Crippen MR) is 75.5 cm³/mol. The Bertz CT molecular complexity index is 376. The Morgan fingerprint density at radius 2 is 1.94 bits per heavy atom. The topological polar surface area (TPSA) is 67.2 Å². The van der Waals surface area contributed by atoms with Gasteiger partial charge < -0.3 is 16.4 Å². The molecule has 4 nitrogen and oxygen atoms in total. The average molecular weight is 253 g/mol. The van der Waals surface area contributed by atoms with E-state index in [1.165, 1.54) is 0 Å². The summed E-state index contributed by atoms with van der Waals surface area (Å²) in [6.07, 6.45) is 2.03. The van der Waals surface area contributed by atoms with Crippen LogP contribution in [0.1, 0.15) is 13.8 Å². The van der Waals surface area contributed by atoms with Gasteiger partial charge in [-0.1, -0.05) is 0 Å². The minimum Gasteiger partial charge on any atom is -0.399 e. The molecule has 0 heterocycles. The standard InChI is InChI=1S/C12H19N3OS/c1-12(2,17-3)8-14-11(16)15-10-6-4-9(13)5-7-10/h4-7H,8,13H2,1-3H3,(H2,14,15,16). The van der Waals surface area contributed by atoms with Crippen LogP contribution in [0.2, 0.25) is 0 Å². The molecule has 0 spiro atoms. The maximum atomic E-state index is 11.6. The zero-order valence-electron chi connectivity index (χ0n) is 10.4. The Kier molecular flexibility index (Phi) is 4.69. The Hall–Kier alpha value is -1.36. The molecule has 2 amide bonds. The third-order valence-electron chi connectivity index (χ3n) is 2.40. The first-order valence-corrected chi connectivity index (χ1v) is 6.61. The van der Waals surface area contributed by atoms with Crippen molar-refractivity contribution in [1.82, 2.24) is 5.32 Å². The lowest BCUT2D eigenvalue weighted by molar-refractivity contribution is 0.251. The summed E-state index contributed by atoms with van der Waals surface area (Å²) in [6, 6.07) is 6.85. The Labute approximate surface area is 106 Å². The Morgan fingerprint density at radius 1 is 1.35 bits per heavy atom. The predicted octanol–water partition coefficient (Wildman–Crippen LogP) is 2.53. The van der Waals surface area contributed by atoms with Gasteiger partial charge in [0.2, 0.25) is 0 Å². The number of nitrogens with two attached hydrogens (primary N) is 1. The molecular formula is C12H19N3OS. The molecule has 0 aromatic heterocycles. The summed E-state index contributed by atoms with van der Waals surface area (Å²) in [7, 11) is 0. The number of rotatable bonds is 4. The van der Waals surface area contributed by atoms with Gasteiger partial charge in [0.1, 0.15) is 0 Å². The van der Waals surface area contributed by atoms with Crippen LogP contribution >= 0.6 is 11.8 Å². The fraction of sp³-hybridized carbons (Fsp3) is 0.417. The summed E-state index contributed by atoms with van der Waals surface area (Å²) in [4.78, 5) is 11.6. The first kappa shape index (κ1) is 13.7. The maximum Gasteiger partial charge on any atom is 0.319 e. The van der Waals surface area contributed by atoms with Crippen LogP contribution in [-0.4, -0.2) is 23.6 Å². The molecule has 0 bridgehead atoms. The highest BCUT2D eigenvalue weighted by atomic mass is 32.2. The van der Waals surface area contributed by atoms with Gasteiger partial charge in [0, 0.05) is 22.7 Å². The van der Waals surface area contributed by atoms with Crippen molar-refractivity contribution in [2.45, 2.75) is 18.6 Å². The maximum absolute atomic E-state index is 11.6. The van der Waals surface area contributed by atoms with Gasteiger partial charge in [-0.3, -0.25) is 0 Å². The van der Waals surface area contributed by atoms with Crippen LogP contribution in [-0.2, 0) is 0 Å². The van der Waals surface area contributed by atoms with Gasteiger partial charge in [-0.2, -0.15) is 11.8 Å². The molecule has 5 heteroatoms. The number of carbonyl (C=O) groups is 1. The fourth-order valence-corrected chi connectivity index (χ4v) is 1.32. The third-order valence-corrected chi connectivity index (χ3v) is 3.65. The van der Waals surface area contributed by atoms with Crippen LogP contribution in [0.25, 0.3) is 0 Å². The van der Waals surface area contributed by atoms with Crippen molar-refractivity contribution in [2.75, 3.05) is 23.9 Å². The molecule has 0 aliphatic heterocycles. The number of carbonyl (C=O) groups excluding carboxylic acids is 1. The second-order valence-electron chi connectivity index (χ2n) is 4.39. The molecule has 0 aliphatic carbocycles. The van der Waals surface area contributed by atoms with Crippen LogP contribution in [0.5, 0.6) is 0 Å². The molecule has 0 fully saturated rings. The number of hydrogen-bond donors (Lipinski definition) is 3. The molecule has 94 valence electrons. The minimum absolute atomic E-state index is 0.0401. The lowest BCUT2D eigenvalue weighted by Gasteiger charge is -2.22. The van der Waals surface area contributed by atoms with Gasteiger partial charge in [-0.15, -0.1) is 0 Å². The second kappa shape index (κ2) is 5.82. The lowest BCUT2D eigenvalue weighted by Crippen LogP contribution is -2.38. The number of urea groups is 1. The molecule has 1 aromatic carbocycles. The van der Waals surface area contributed by atoms with Crippen molar-refractivity contribution >= 4 is 29.2 Å². The number of anilines is 2. The van der Waals surface area contributed by atoms with Crippen molar-refractivity contribution in [3.8, 4) is 0 Å². The number of amides is 2. The van der Waals surface area contributed by atoms with E-state index in [-0.39, 0.29) is 10.8 Å². The van der Waals surface area contributed by atoms with E-state index in [9.17, 15) is 4.79 Å². The zero-order chi connectivity index (χ0) is 12.9.